The van der Waals surface area contributed by atoms with Gasteiger partial charge in [0.2, 0.25) is 0 Å². The van der Waals surface area contributed by atoms with Crippen LogP contribution in [0.2, 0.25) is 9.26 Å². The van der Waals surface area contributed by atoms with Crippen LogP contribution in [0, 0.1) is 11.8 Å². The van der Waals surface area contributed by atoms with Crippen molar-refractivity contribution in [3.8, 4) is 44.5 Å². The summed E-state index contributed by atoms with van der Waals surface area (Å²) in [7, 11) is 0. The molecule has 0 nitrogen and oxygen atoms in total. The van der Waals surface area contributed by atoms with E-state index in [0.717, 1.165) is 12.8 Å². The van der Waals surface area contributed by atoms with E-state index in [1.165, 1.54) is 98.7 Å². The molecule has 2 aliphatic rings. The maximum atomic E-state index is 2.89. The van der Waals surface area contributed by atoms with Gasteiger partial charge in [0.25, 0.3) is 0 Å². The molecular weight excluding hydrogens is 936 g/mol. The monoisotopic (exact) mass is 996 g/mol. The Labute approximate surface area is 417 Å². The SMILES string of the molecule is CCC(C)C1=Cc2c(-c3cccc4ccccc34)ccc(-c3cccc4ccccc34)c2[CH]1[Zr]([CH3])([CH3])(=[SiH2])[CH]1C(C(C)CC)=Cc2c(-c3cccc4ccccc34)ccc(-c3cccc4ccccc34)c21. The molecule has 2 heteroatoms. The fraction of sp³-hybridized carbons (Fsp3) is 0.176. The zero-order valence-electron chi connectivity index (χ0n) is 41.6. The van der Waals surface area contributed by atoms with Crippen LogP contribution in [0.3, 0.4) is 0 Å². The third-order valence-electron chi connectivity index (χ3n) is 17.0. The van der Waals surface area contributed by atoms with Crippen molar-refractivity contribution in [2.75, 3.05) is 0 Å². The normalized spacial score (nSPS) is 16.6. The molecule has 10 aromatic rings. The summed E-state index contributed by atoms with van der Waals surface area (Å²) in [5.74, 6) is 0.819. The average molecular weight is 999 g/mol. The van der Waals surface area contributed by atoms with Crippen molar-refractivity contribution < 1.29 is 17.4 Å². The van der Waals surface area contributed by atoms with Gasteiger partial charge in [-0.3, -0.25) is 0 Å². The summed E-state index contributed by atoms with van der Waals surface area (Å²) in [5, 5.41) is 10.4. The average Bonchev–Trinajstić information content (AvgIpc) is 4.03. The van der Waals surface area contributed by atoms with E-state index < -0.39 is 17.4 Å². The number of fused-ring (bicyclic) bond motifs is 6. The van der Waals surface area contributed by atoms with Crippen LogP contribution in [0.4, 0.5) is 0 Å². The molecule has 342 valence electrons. The van der Waals surface area contributed by atoms with Gasteiger partial charge < -0.3 is 0 Å². The zero-order valence-corrected chi connectivity index (χ0v) is 45.4. The Kier molecular flexibility index (Phi) is 11.1. The molecule has 70 heavy (non-hydrogen) atoms. The summed E-state index contributed by atoms with van der Waals surface area (Å²) in [6.07, 6.45) is 7.66. The summed E-state index contributed by atoms with van der Waals surface area (Å²) in [6.45, 7) is 12.4. The molecule has 0 amide bonds. The van der Waals surface area contributed by atoms with E-state index >= 15 is 0 Å². The van der Waals surface area contributed by atoms with E-state index in [1.807, 2.05) is 0 Å². The molecule has 2 aliphatic carbocycles. The molecule has 0 radical (unpaired) electrons. The van der Waals surface area contributed by atoms with Crippen molar-refractivity contribution in [3.05, 3.63) is 228 Å². The van der Waals surface area contributed by atoms with E-state index in [1.54, 1.807) is 22.3 Å². The van der Waals surface area contributed by atoms with Crippen LogP contribution in [0.5, 0.6) is 0 Å². The van der Waals surface area contributed by atoms with Gasteiger partial charge in [0.05, 0.1) is 0 Å². The summed E-state index contributed by atoms with van der Waals surface area (Å²) in [5.41, 5.74) is 20.1. The Morgan fingerprint density at radius 1 is 0.357 bits per heavy atom. The van der Waals surface area contributed by atoms with Crippen molar-refractivity contribution >= 4 is 62.1 Å². The fourth-order valence-electron chi connectivity index (χ4n) is 13.4. The summed E-state index contributed by atoms with van der Waals surface area (Å²) < 4.78 is 6.36. The van der Waals surface area contributed by atoms with Crippen molar-refractivity contribution in [1.29, 1.82) is 0 Å². The van der Waals surface area contributed by atoms with Gasteiger partial charge in [-0.2, -0.15) is 0 Å². The first-order valence-corrected chi connectivity index (χ1v) is 39.5. The summed E-state index contributed by atoms with van der Waals surface area (Å²) in [4.78, 5) is 0. The van der Waals surface area contributed by atoms with Gasteiger partial charge in [0, 0.05) is 0 Å². The second-order valence-electron chi connectivity index (χ2n) is 21.8. The minimum absolute atomic E-state index is 0.290. The minimum atomic E-state index is -4.48. The van der Waals surface area contributed by atoms with Crippen LogP contribution < -0.4 is 0 Å². The Bertz CT molecular complexity index is 3620. The van der Waals surface area contributed by atoms with Crippen molar-refractivity contribution in [2.45, 2.75) is 57.1 Å². The Balaban J connectivity index is 1.20. The van der Waals surface area contributed by atoms with Crippen LogP contribution >= 0.6 is 0 Å². The number of allylic oxidation sites excluding steroid dienone is 2. The van der Waals surface area contributed by atoms with Gasteiger partial charge in [-0.1, -0.05) is 0 Å². The first kappa shape index (κ1) is 45.0. The molecule has 0 fully saturated rings. The van der Waals surface area contributed by atoms with Gasteiger partial charge in [-0.15, -0.1) is 0 Å². The quantitative estimate of drug-likeness (QED) is 0.120. The molecule has 12 rings (SSSR count). The molecule has 0 N–H and O–H groups in total. The number of benzene rings is 10. The van der Waals surface area contributed by atoms with E-state index in [-0.39, 0.29) is 0 Å². The van der Waals surface area contributed by atoms with E-state index in [9.17, 15) is 0 Å². The molecule has 0 aromatic heterocycles. The second-order valence-corrected chi connectivity index (χ2v) is 52.3. The topological polar surface area (TPSA) is 0 Å². The zero-order chi connectivity index (χ0) is 47.9. The predicted octanol–water partition coefficient (Wildman–Crippen LogP) is 19.0. The Morgan fingerprint density at radius 3 is 0.943 bits per heavy atom. The predicted molar refractivity (Wildman–Crippen MR) is 305 cm³/mol. The molecule has 4 atom stereocenters. The van der Waals surface area contributed by atoms with Gasteiger partial charge in [-0.05, 0) is 0 Å². The van der Waals surface area contributed by atoms with Crippen molar-refractivity contribution in [1.82, 2.24) is 0 Å². The molecule has 0 saturated carbocycles. The molecule has 0 heterocycles. The Hall–Kier alpha value is -6.18. The molecular formula is C68H62SiZr. The first-order chi connectivity index (χ1) is 34.0. The van der Waals surface area contributed by atoms with Crippen molar-refractivity contribution in [2.24, 2.45) is 11.8 Å². The molecule has 0 saturated heterocycles. The number of hydrogen-bond acceptors (Lipinski definition) is 0. The van der Waals surface area contributed by atoms with E-state index in [0.29, 0.717) is 19.1 Å². The first-order valence-electron chi connectivity index (χ1n) is 25.8. The van der Waals surface area contributed by atoms with Gasteiger partial charge in [0.1, 0.15) is 0 Å². The van der Waals surface area contributed by atoms with E-state index in [4.69, 9.17) is 0 Å². The molecule has 0 spiro atoms. The second kappa shape index (κ2) is 17.3. The molecule has 4 unspecified atom stereocenters. The molecule has 0 aliphatic heterocycles. The van der Waals surface area contributed by atoms with Crippen LogP contribution in [-0.4, -0.2) is 6.88 Å². The summed E-state index contributed by atoms with van der Waals surface area (Å²) in [6, 6.07) is 73.9. The fourth-order valence-corrected chi connectivity index (χ4v) is 32.8. The number of rotatable bonds is 10. The van der Waals surface area contributed by atoms with Gasteiger partial charge in [0.15, 0.2) is 0 Å². The molecule has 10 aromatic carbocycles. The number of hydrogen-bond donors (Lipinski definition) is 0. The van der Waals surface area contributed by atoms with E-state index in [2.05, 4.69) is 250 Å². The standard InChI is InChI=1S/2C33H27.2CH3.H2Si.Zr/c2*1-3-22(2)25-20-32-30(28-16-8-12-23-10-4-6-14-26(23)28)18-19-31(33(32)21-25)29-17-9-13-24-11-5-7-15-27(24)29;;;;/h2*4-22H,3H2,1-2H3;2*1H3;1H2;. The molecule has 0 bridgehead atoms. The third kappa shape index (κ3) is 7.07. The summed E-state index contributed by atoms with van der Waals surface area (Å²) >= 11 is -4.48. The van der Waals surface area contributed by atoms with Crippen LogP contribution in [0.1, 0.15) is 70.0 Å². The third-order valence-corrected chi connectivity index (χ3v) is 34.2. The Morgan fingerprint density at radius 2 is 0.629 bits per heavy atom. The van der Waals surface area contributed by atoms with Gasteiger partial charge in [-0.25, -0.2) is 0 Å². The van der Waals surface area contributed by atoms with Crippen molar-refractivity contribution in [3.63, 3.8) is 0 Å². The van der Waals surface area contributed by atoms with Crippen LogP contribution in [-0.2, 0) is 17.4 Å². The van der Waals surface area contributed by atoms with Crippen LogP contribution in [0.15, 0.2) is 205 Å². The maximum absolute atomic E-state index is 4.48. The van der Waals surface area contributed by atoms with Gasteiger partial charge >= 0.3 is 420 Å². The van der Waals surface area contributed by atoms with Crippen LogP contribution in [0.25, 0.3) is 99.7 Å².